The Morgan fingerprint density at radius 2 is 2.33 bits per heavy atom. The van der Waals surface area contributed by atoms with Crippen LogP contribution in [-0.4, -0.2) is 16.6 Å². The third-order valence-electron chi connectivity index (χ3n) is 2.01. The predicted octanol–water partition coefficient (Wildman–Crippen LogP) is 1.66. The monoisotopic (exact) mass is 164 g/mol. The molecule has 0 N–H and O–H groups in total. The number of hydrogen-bond donors (Lipinski definition) is 0. The maximum absolute atomic E-state index is 5.38. The van der Waals surface area contributed by atoms with Gasteiger partial charge in [0.2, 0.25) is 5.88 Å². The summed E-state index contributed by atoms with van der Waals surface area (Å²) in [6.45, 7) is 0.781. The van der Waals surface area contributed by atoms with Crippen molar-refractivity contribution in [1.29, 1.82) is 0 Å². The first-order valence-corrected chi connectivity index (χ1v) is 4.34. The number of hydrogen-bond acceptors (Lipinski definition) is 3. The van der Waals surface area contributed by atoms with E-state index in [9.17, 15) is 0 Å². The van der Waals surface area contributed by atoms with Crippen molar-refractivity contribution < 1.29 is 4.74 Å². The molecule has 1 fully saturated rings. The van der Waals surface area contributed by atoms with Crippen LogP contribution in [0.15, 0.2) is 18.6 Å². The maximum Gasteiger partial charge on any atom is 0.232 e. The van der Waals surface area contributed by atoms with Crippen molar-refractivity contribution in [2.24, 2.45) is 5.92 Å². The standard InChI is InChI=1S/C9H12N2O/c1-2-8(1)3-6-12-9-7-10-4-5-11-9/h4-5,7-8H,1-3,6H2. The molecule has 1 aliphatic carbocycles. The van der Waals surface area contributed by atoms with Crippen LogP contribution in [0, 0.1) is 5.92 Å². The highest BCUT2D eigenvalue weighted by molar-refractivity contribution is 5.00. The number of ether oxygens (including phenoxy) is 1. The Labute approximate surface area is 71.8 Å². The summed E-state index contributed by atoms with van der Waals surface area (Å²) in [5.74, 6) is 1.56. The molecule has 1 aromatic rings. The molecule has 1 saturated carbocycles. The average molecular weight is 164 g/mol. The molecule has 12 heavy (non-hydrogen) atoms. The van der Waals surface area contributed by atoms with Crippen LogP contribution in [0.3, 0.4) is 0 Å². The van der Waals surface area contributed by atoms with Crippen molar-refractivity contribution in [3.8, 4) is 5.88 Å². The Kier molecular flexibility index (Phi) is 2.21. The highest BCUT2D eigenvalue weighted by Crippen LogP contribution is 2.32. The molecule has 0 saturated heterocycles. The van der Waals surface area contributed by atoms with E-state index in [4.69, 9.17) is 4.74 Å². The van der Waals surface area contributed by atoms with Crippen LogP contribution in [-0.2, 0) is 0 Å². The van der Waals surface area contributed by atoms with Gasteiger partial charge in [-0.3, -0.25) is 4.98 Å². The van der Waals surface area contributed by atoms with E-state index in [1.165, 1.54) is 12.8 Å². The summed E-state index contributed by atoms with van der Waals surface area (Å²) in [5, 5.41) is 0. The van der Waals surface area contributed by atoms with E-state index in [0.717, 1.165) is 18.9 Å². The fourth-order valence-electron chi connectivity index (χ4n) is 1.10. The van der Waals surface area contributed by atoms with E-state index in [1.54, 1.807) is 18.6 Å². The van der Waals surface area contributed by atoms with Gasteiger partial charge in [-0.15, -0.1) is 0 Å². The highest BCUT2D eigenvalue weighted by atomic mass is 16.5. The second-order valence-electron chi connectivity index (χ2n) is 3.12. The van der Waals surface area contributed by atoms with Crippen molar-refractivity contribution in [3.05, 3.63) is 18.6 Å². The number of rotatable bonds is 4. The van der Waals surface area contributed by atoms with E-state index in [2.05, 4.69) is 9.97 Å². The zero-order valence-corrected chi connectivity index (χ0v) is 6.94. The Bertz CT molecular complexity index is 234. The first-order chi connectivity index (χ1) is 5.95. The minimum absolute atomic E-state index is 0.637. The van der Waals surface area contributed by atoms with Gasteiger partial charge in [0.15, 0.2) is 0 Å². The quantitative estimate of drug-likeness (QED) is 0.678. The van der Waals surface area contributed by atoms with Gasteiger partial charge in [-0.05, 0) is 12.3 Å². The molecule has 0 atom stereocenters. The van der Waals surface area contributed by atoms with Gasteiger partial charge in [-0.1, -0.05) is 12.8 Å². The molecule has 0 aliphatic heterocycles. The van der Waals surface area contributed by atoms with Crippen LogP contribution in [0.25, 0.3) is 0 Å². The first-order valence-electron chi connectivity index (χ1n) is 4.34. The lowest BCUT2D eigenvalue weighted by Gasteiger charge is -2.01. The van der Waals surface area contributed by atoms with Crippen LogP contribution in [0.4, 0.5) is 0 Å². The molecule has 1 aliphatic rings. The lowest BCUT2D eigenvalue weighted by atomic mass is 10.3. The van der Waals surface area contributed by atoms with E-state index in [1.807, 2.05) is 0 Å². The Balaban J connectivity index is 1.72. The summed E-state index contributed by atoms with van der Waals surface area (Å²) >= 11 is 0. The molecule has 0 amide bonds. The van der Waals surface area contributed by atoms with E-state index >= 15 is 0 Å². The molecule has 0 unspecified atom stereocenters. The van der Waals surface area contributed by atoms with Crippen LogP contribution < -0.4 is 4.74 Å². The molecule has 3 heteroatoms. The Hall–Kier alpha value is -1.12. The van der Waals surface area contributed by atoms with Gasteiger partial charge in [0.05, 0.1) is 12.8 Å². The van der Waals surface area contributed by atoms with Crippen molar-refractivity contribution in [2.45, 2.75) is 19.3 Å². The second-order valence-corrected chi connectivity index (χ2v) is 3.12. The third-order valence-corrected chi connectivity index (χ3v) is 2.01. The predicted molar refractivity (Wildman–Crippen MR) is 44.9 cm³/mol. The van der Waals surface area contributed by atoms with Gasteiger partial charge in [0.25, 0.3) is 0 Å². The zero-order valence-electron chi connectivity index (χ0n) is 6.94. The highest BCUT2D eigenvalue weighted by Gasteiger charge is 2.20. The Morgan fingerprint density at radius 3 is 3.00 bits per heavy atom. The van der Waals surface area contributed by atoms with Crippen LogP contribution in [0.1, 0.15) is 19.3 Å². The molecule has 1 aromatic heterocycles. The van der Waals surface area contributed by atoms with Gasteiger partial charge in [-0.2, -0.15) is 0 Å². The topological polar surface area (TPSA) is 35.0 Å². The van der Waals surface area contributed by atoms with Crippen molar-refractivity contribution in [2.75, 3.05) is 6.61 Å². The smallest absolute Gasteiger partial charge is 0.232 e. The summed E-state index contributed by atoms with van der Waals surface area (Å²) in [5.41, 5.74) is 0. The number of aromatic nitrogens is 2. The van der Waals surface area contributed by atoms with Gasteiger partial charge >= 0.3 is 0 Å². The van der Waals surface area contributed by atoms with Crippen molar-refractivity contribution >= 4 is 0 Å². The minimum atomic E-state index is 0.637. The zero-order chi connectivity index (χ0) is 8.23. The van der Waals surface area contributed by atoms with Crippen molar-refractivity contribution in [1.82, 2.24) is 9.97 Å². The summed E-state index contributed by atoms with van der Waals surface area (Å²) in [4.78, 5) is 7.92. The summed E-state index contributed by atoms with van der Waals surface area (Å²) in [7, 11) is 0. The molecular weight excluding hydrogens is 152 g/mol. The average Bonchev–Trinajstić information content (AvgIpc) is 2.90. The van der Waals surface area contributed by atoms with Gasteiger partial charge in [0.1, 0.15) is 0 Å². The van der Waals surface area contributed by atoms with Crippen LogP contribution in [0.5, 0.6) is 5.88 Å². The fourth-order valence-corrected chi connectivity index (χ4v) is 1.10. The maximum atomic E-state index is 5.38. The van der Waals surface area contributed by atoms with Crippen molar-refractivity contribution in [3.63, 3.8) is 0 Å². The molecule has 64 valence electrons. The molecule has 0 radical (unpaired) electrons. The first kappa shape index (κ1) is 7.53. The fraction of sp³-hybridized carbons (Fsp3) is 0.556. The molecular formula is C9H12N2O. The summed E-state index contributed by atoms with van der Waals surface area (Å²) < 4.78 is 5.38. The third kappa shape index (κ3) is 2.19. The van der Waals surface area contributed by atoms with E-state index < -0.39 is 0 Å². The molecule has 3 nitrogen and oxygen atoms in total. The normalized spacial score (nSPS) is 16.0. The van der Waals surface area contributed by atoms with Gasteiger partial charge in [0, 0.05) is 12.4 Å². The molecule has 0 bridgehead atoms. The van der Waals surface area contributed by atoms with Crippen LogP contribution >= 0.6 is 0 Å². The summed E-state index contributed by atoms with van der Waals surface area (Å²) in [6.07, 6.45) is 8.86. The second kappa shape index (κ2) is 3.52. The SMILES string of the molecule is c1cnc(OCCC2CC2)cn1. The Morgan fingerprint density at radius 1 is 1.42 bits per heavy atom. The number of nitrogens with zero attached hydrogens (tertiary/aromatic N) is 2. The molecule has 0 aromatic carbocycles. The summed E-state index contributed by atoms with van der Waals surface area (Å²) in [6, 6.07) is 0. The molecule has 2 rings (SSSR count). The van der Waals surface area contributed by atoms with E-state index in [0.29, 0.717) is 5.88 Å². The molecule has 0 spiro atoms. The lowest BCUT2D eigenvalue weighted by molar-refractivity contribution is 0.290. The van der Waals surface area contributed by atoms with Gasteiger partial charge < -0.3 is 4.74 Å². The minimum Gasteiger partial charge on any atom is -0.477 e. The largest absolute Gasteiger partial charge is 0.477 e. The van der Waals surface area contributed by atoms with Crippen LogP contribution in [0.2, 0.25) is 0 Å². The lowest BCUT2D eigenvalue weighted by Crippen LogP contribution is -1.99. The van der Waals surface area contributed by atoms with Gasteiger partial charge in [-0.25, -0.2) is 4.98 Å². The van der Waals surface area contributed by atoms with E-state index in [-0.39, 0.29) is 0 Å². The molecule has 1 heterocycles.